The summed E-state index contributed by atoms with van der Waals surface area (Å²) in [6.07, 6.45) is 1.90. The second-order valence-corrected chi connectivity index (χ2v) is 4.67. The van der Waals surface area contributed by atoms with E-state index in [2.05, 4.69) is 25.7 Å². The van der Waals surface area contributed by atoms with E-state index in [0.29, 0.717) is 0 Å². The van der Waals surface area contributed by atoms with Crippen LogP contribution in [0.15, 0.2) is 24.3 Å². The molecular formula is C15H25FN2. The number of halogens is 1. The number of hydrogen-bond acceptors (Lipinski definition) is 2. The molecule has 3 heteroatoms. The smallest absolute Gasteiger partial charge is 0.128 e. The Bertz CT molecular complexity index is 354. The summed E-state index contributed by atoms with van der Waals surface area (Å²) in [6.45, 7) is 8.13. The molecule has 102 valence electrons. The fourth-order valence-electron chi connectivity index (χ4n) is 2.42. The number of benzene rings is 1. The van der Waals surface area contributed by atoms with Gasteiger partial charge in [0.05, 0.1) is 6.04 Å². The van der Waals surface area contributed by atoms with Crippen molar-refractivity contribution in [2.45, 2.75) is 45.7 Å². The molecule has 2 unspecified atom stereocenters. The van der Waals surface area contributed by atoms with E-state index in [1.807, 2.05) is 12.1 Å². The highest BCUT2D eigenvalue weighted by Gasteiger charge is 2.26. The molecule has 0 fully saturated rings. The predicted molar refractivity (Wildman–Crippen MR) is 74.9 cm³/mol. The first kappa shape index (κ1) is 15.1. The van der Waals surface area contributed by atoms with E-state index in [0.717, 1.165) is 31.5 Å². The molecule has 0 aliphatic carbocycles. The summed E-state index contributed by atoms with van der Waals surface area (Å²) in [4.78, 5) is 2.27. The highest BCUT2D eigenvalue weighted by Crippen LogP contribution is 2.27. The van der Waals surface area contributed by atoms with E-state index in [-0.39, 0.29) is 17.9 Å². The molecule has 0 saturated carbocycles. The first-order chi connectivity index (χ1) is 8.65. The molecule has 2 nitrogen and oxygen atoms in total. The van der Waals surface area contributed by atoms with Gasteiger partial charge in [-0.15, -0.1) is 0 Å². The summed E-state index contributed by atoms with van der Waals surface area (Å²) in [5.74, 6) is -0.152. The van der Waals surface area contributed by atoms with Crippen LogP contribution in [0.5, 0.6) is 0 Å². The van der Waals surface area contributed by atoms with Crippen LogP contribution in [0, 0.1) is 5.82 Å². The molecule has 0 heterocycles. The van der Waals surface area contributed by atoms with Crippen molar-refractivity contribution in [1.29, 1.82) is 0 Å². The van der Waals surface area contributed by atoms with E-state index in [9.17, 15) is 4.39 Å². The SMILES string of the molecule is CCCN(CC)C(c1ccccc1F)C(N)CC. The molecule has 1 aromatic rings. The highest BCUT2D eigenvalue weighted by molar-refractivity contribution is 5.23. The van der Waals surface area contributed by atoms with Crippen LogP contribution in [0.4, 0.5) is 4.39 Å². The molecule has 0 radical (unpaired) electrons. The lowest BCUT2D eigenvalue weighted by Gasteiger charge is -2.35. The van der Waals surface area contributed by atoms with Gasteiger partial charge in [-0.2, -0.15) is 0 Å². The number of rotatable bonds is 7. The van der Waals surface area contributed by atoms with Gasteiger partial charge in [0.25, 0.3) is 0 Å². The maximum atomic E-state index is 14.0. The average molecular weight is 252 g/mol. The first-order valence-electron chi connectivity index (χ1n) is 6.89. The van der Waals surface area contributed by atoms with Gasteiger partial charge in [-0.25, -0.2) is 4.39 Å². The van der Waals surface area contributed by atoms with Crippen molar-refractivity contribution in [2.75, 3.05) is 13.1 Å². The Kier molecular flexibility index (Phi) is 6.30. The van der Waals surface area contributed by atoms with Gasteiger partial charge in [0.1, 0.15) is 5.82 Å². The highest BCUT2D eigenvalue weighted by atomic mass is 19.1. The van der Waals surface area contributed by atoms with Crippen molar-refractivity contribution in [3.63, 3.8) is 0 Å². The second kappa shape index (κ2) is 7.49. The van der Waals surface area contributed by atoms with E-state index < -0.39 is 0 Å². The number of nitrogens with two attached hydrogens (primary N) is 1. The maximum absolute atomic E-state index is 14.0. The summed E-state index contributed by atoms with van der Waals surface area (Å²) in [5.41, 5.74) is 6.94. The molecule has 0 bridgehead atoms. The van der Waals surface area contributed by atoms with Crippen LogP contribution in [-0.2, 0) is 0 Å². The Hall–Kier alpha value is -0.930. The standard InChI is InChI=1S/C15H25FN2/c1-4-11-18(6-3)15(14(17)5-2)12-9-7-8-10-13(12)16/h7-10,14-15H,4-6,11,17H2,1-3H3. The topological polar surface area (TPSA) is 29.3 Å². The second-order valence-electron chi connectivity index (χ2n) is 4.67. The molecule has 2 atom stereocenters. The van der Waals surface area contributed by atoms with Gasteiger partial charge >= 0.3 is 0 Å². The van der Waals surface area contributed by atoms with Crippen molar-refractivity contribution in [3.8, 4) is 0 Å². The van der Waals surface area contributed by atoms with E-state index in [1.165, 1.54) is 6.07 Å². The maximum Gasteiger partial charge on any atom is 0.128 e. The fraction of sp³-hybridized carbons (Fsp3) is 0.600. The minimum Gasteiger partial charge on any atom is -0.326 e. The van der Waals surface area contributed by atoms with Crippen molar-refractivity contribution in [2.24, 2.45) is 5.73 Å². The summed E-state index contributed by atoms with van der Waals surface area (Å²) in [7, 11) is 0. The van der Waals surface area contributed by atoms with Crippen LogP contribution in [0.3, 0.4) is 0 Å². The van der Waals surface area contributed by atoms with Gasteiger partial charge in [0.15, 0.2) is 0 Å². The van der Waals surface area contributed by atoms with Crippen LogP contribution in [0.25, 0.3) is 0 Å². The molecule has 2 N–H and O–H groups in total. The third-order valence-electron chi connectivity index (χ3n) is 3.41. The van der Waals surface area contributed by atoms with Gasteiger partial charge in [-0.3, -0.25) is 4.90 Å². The van der Waals surface area contributed by atoms with Crippen LogP contribution in [0.1, 0.15) is 45.2 Å². The van der Waals surface area contributed by atoms with Crippen molar-refractivity contribution in [3.05, 3.63) is 35.6 Å². The van der Waals surface area contributed by atoms with Gasteiger partial charge in [0, 0.05) is 11.6 Å². The minimum atomic E-state index is -0.152. The normalized spacial score (nSPS) is 14.8. The van der Waals surface area contributed by atoms with Crippen molar-refractivity contribution in [1.82, 2.24) is 4.90 Å². The minimum absolute atomic E-state index is 0.0267. The van der Waals surface area contributed by atoms with Crippen LogP contribution >= 0.6 is 0 Å². The Balaban J connectivity index is 3.08. The van der Waals surface area contributed by atoms with Gasteiger partial charge < -0.3 is 5.73 Å². The zero-order chi connectivity index (χ0) is 13.5. The lowest BCUT2D eigenvalue weighted by Crippen LogP contribution is -2.41. The number of hydrogen-bond donors (Lipinski definition) is 1. The molecular weight excluding hydrogens is 227 g/mol. The van der Waals surface area contributed by atoms with Crippen LogP contribution in [-0.4, -0.2) is 24.0 Å². The summed E-state index contributed by atoms with van der Waals surface area (Å²) >= 11 is 0. The Labute approximate surface area is 110 Å². The van der Waals surface area contributed by atoms with E-state index >= 15 is 0 Å². The average Bonchev–Trinajstić information content (AvgIpc) is 2.39. The molecule has 0 aliphatic rings. The van der Waals surface area contributed by atoms with Gasteiger partial charge in [-0.05, 0) is 32.0 Å². The fourth-order valence-corrected chi connectivity index (χ4v) is 2.42. The van der Waals surface area contributed by atoms with Crippen molar-refractivity contribution < 1.29 is 4.39 Å². The number of nitrogens with zero attached hydrogens (tertiary/aromatic N) is 1. The van der Waals surface area contributed by atoms with E-state index in [4.69, 9.17) is 5.73 Å². The molecule has 0 aromatic heterocycles. The Morgan fingerprint density at radius 1 is 1.22 bits per heavy atom. The van der Waals surface area contributed by atoms with Gasteiger partial charge in [-0.1, -0.05) is 39.0 Å². The molecule has 0 saturated heterocycles. The summed E-state index contributed by atoms with van der Waals surface area (Å²) < 4.78 is 14.0. The van der Waals surface area contributed by atoms with Crippen LogP contribution < -0.4 is 5.73 Å². The summed E-state index contributed by atoms with van der Waals surface area (Å²) in [6, 6.07) is 6.92. The van der Waals surface area contributed by atoms with Crippen LogP contribution in [0.2, 0.25) is 0 Å². The Morgan fingerprint density at radius 3 is 2.39 bits per heavy atom. The molecule has 18 heavy (non-hydrogen) atoms. The largest absolute Gasteiger partial charge is 0.326 e. The summed E-state index contributed by atoms with van der Waals surface area (Å²) in [5, 5.41) is 0. The lowest BCUT2D eigenvalue weighted by molar-refractivity contribution is 0.174. The third-order valence-corrected chi connectivity index (χ3v) is 3.41. The quantitative estimate of drug-likeness (QED) is 0.806. The third kappa shape index (κ3) is 3.53. The van der Waals surface area contributed by atoms with Gasteiger partial charge in [0.2, 0.25) is 0 Å². The van der Waals surface area contributed by atoms with E-state index in [1.54, 1.807) is 6.07 Å². The monoisotopic (exact) mass is 252 g/mol. The lowest BCUT2D eigenvalue weighted by atomic mass is 9.95. The Morgan fingerprint density at radius 2 is 1.89 bits per heavy atom. The van der Waals surface area contributed by atoms with Crippen molar-refractivity contribution >= 4 is 0 Å². The predicted octanol–water partition coefficient (Wildman–Crippen LogP) is 3.34. The molecule has 0 aliphatic heterocycles. The molecule has 1 aromatic carbocycles. The molecule has 0 spiro atoms. The zero-order valence-electron chi connectivity index (χ0n) is 11.7. The first-order valence-corrected chi connectivity index (χ1v) is 6.89. The molecule has 0 amide bonds. The zero-order valence-corrected chi connectivity index (χ0v) is 11.7. The molecule has 1 rings (SSSR count). The number of likely N-dealkylation sites (N-methyl/N-ethyl adjacent to an activating group) is 1.